The highest BCUT2D eigenvalue weighted by atomic mass is 19.2. The molecular weight excluding hydrogens is 286 g/mol. The summed E-state index contributed by atoms with van der Waals surface area (Å²) in [7, 11) is 0. The van der Waals surface area contributed by atoms with Crippen molar-refractivity contribution in [3.8, 4) is 0 Å². The fraction of sp³-hybridized carbons (Fsp3) is 0.462. The largest absolute Gasteiger partial charge is 0.388 e. The first-order valence-corrected chi connectivity index (χ1v) is 6.05. The van der Waals surface area contributed by atoms with Crippen LogP contribution in [0.1, 0.15) is 38.1 Å². The second kappa shape index (κ2) is 5.36. The molecule has 0 bridgehead atoms. The predicted molar refractivity (Wildman–Crippen MR) is 70.9 cm³/mol. The summed E-state index contributed by atoms with van der Waals surface area (Å²) in [5, 5.41) is 23.1. The molecule has 0 unspecified atom stereocenters. The van der Waals surface area contributed by atoms with Crippen LogP contribution in [0, 0.1) is 21.7 Å². The average molecular weight is 302 g/mol. The maximum absolute atomic E-state index is 13.2. The molecule has 1 amide bonds. The number of carbonyl (C=O) groups is 1. The van der Waals surface area contributed by atoms with Crippen LogP contribution in [0.3, 0.4) is 0 Å². The lowest BCUT2D eigenvalue weighted by atomic mass is 9.85. The number of aliphatic hydroxyl groups is 1. The van der Waals surface area contributed by atoms with E-state index in [1.807, 2.05) is 0 Å². The smallest absolute Gasteiger partial charge is 0.285 e. The molecule has 0 aromatic heterocycles. The number of amides is 1. The van der Waals surface area contributed by atoms with Gasteiger partial charge in [-0.3, -0.25) is 14.9 Å². The van der Waals surface area contributed by atoms with E-state index in [9.17, 15) is 28.8 Å². The van der Waals surface area contributed by atoms with Gasteiger partial charge in [0.1, 0.15) is 5.56 Å². The fourth-order valence-electron chi connectivity index (χ4n) is 1.37. The van der Waals surface area contributed by atoms with Gasteiger partial charge in [-0.2, -0.15) is 0 Å². The van der Waals surface area contributed by atoms with Crippen molar-refractivity contribution in [2.24, 2.45) is 0 Å². The SMILES string of the molecule is CC(C)(O)C(C)(C)NC(=O)c1cc(F)c(F)cc1[N+](=O)[O-]. The van der Waals surface area contributed by atoms with Crippen LogP contribution in [0.25, 0.3) is 0 Å². The van der Waals surface area contributed by atoms with E-state index >= 15 is 0 Å². The summed E-state index contributed by atoms with van der Waals surface area (Å²) >= 11 is 0. The van der Waals surface area contributed by atoms with E-state index in [1.165, 1.54) is 27.7 Å². The zero-order valence-corrected chi connectivity index (χ0v) is 12.0. The van der Waals surface area contributed by atoms with Crippen molar-refractivity contribution in [3.63, 3.8) is 0 Å². The lowest BCUT2D eigenvalue weighted by molar-refractivity contribution is -0.385. The third kappa shape index (κ3) is 3.52. The highest BCUT2D eigenvalue weighted by Gasteiger charge is 2.38. The minimum absolute atomic E-state index is 0.349. The first-order valence-electron chi connectivity index (χ1n) is 6.05. The molecule has 8 heteroatoms. The maximum Gasteiger partial charge on any atom is 0.285 e. The van der Waals surface area contributed by atoms with E-state index < -0.39 is 44.9 Å². The Hall–Kier alpha value is -2.09. The molecule has 1 rings (SSSR count). The summed E-state index contributed by atoms with van der Waals surface area (Å²) in [6, 6.07) is 0.810. The number of hydrogen-bond acceptors (Lipinski definition) is 4. The minimum Gasteiger partial charge on any atom is -0.388 e. The van der Waals surface area contributed by atoms with Gasteiger partial charge in [-0.1, -0.05) is 0 Å². The summed E-state index contributed by atoms with van der Waals surface area (Å²) in [4.78, 5) is 21.9. The van der Waals surface area contributed by atoms with E-state index in [-0.39, 0.29) is 0 Å². The molecule has 21 heavy (non-hydrogen) atoms. The average Bonchev–Trinajstić information content (AvgIpc) is 2.29. The van der Waals surface area contributed by atoms with Crippen LogP contribution in [0.2, 0.25) is 0 Å². The first kappa shape index (κ1) is 17.0. The standard InChI is InChI=1S/C13H16F2N2O4/c1-12(2,13(3,4)19)16-11(18)7-5-8(14)9(15)6-10(7)17(20)21/h5-6,19H,1-4H3,(H,16,18). The van der Waals surface area contributed by atoms with Gasteiger partial charge in [-0.15, -0.1) is 0 Å². The number of nitrogens with zero attached hydrogens (tertiary/aromatic N) is 1. The molecule has 1 aromatic rings. The van der Waals surface area contributed by atoms with Gasteiger partial charge in [-0.25, -0.2) is 8.78 Å². The molecule has 0 atom stereocenters. The Labute approximate surface area is 119 Å². The quantitative estimate of drug-likeness (QED) is 0.658. The lowest BCUT2D eigenvalue weighted by Crippen LogP contribution is -2.57. The summed E-state index contributed by atoms with van der Waals surface area (Å²) in [5.41, 5.74) is -3.95. The van der Waals surface area contributed by atoms with Gasteiger partial charge in [-0.05, 0) is 33.8 Å². The molecule has 0 saturated heterocycles. The van der Waals surface area contributed by atoms with Crippen LogP contribution in [0.15, 0.2) is 12.1 Å². The van der Waals surface area contributed by atoms with Gasteiger partial charge in [0.15, 0.2) is 11.6 Å². The van der Waals surface area contributed by atoms with Gasteiger partial charge in [0, 0.05) is 0 Å². The van der Waals surface area contributed by atoms with Crippen LogP contribution < -0.4 is 5.32 Å². The van der Waals surface area contributed by atoms with E-state index in [2.05, 4.69) is 5.32 Å². The topological polar surface area (TPSA) is 92.5 Å². The molecule has 2 N–H and O–H groups in total. The Morgan fingerprint density at radius 1 is 1.24 bits per heavy atom. The van der Waals surface area contributed by atoms with Crippen LogP contribution in [-0.4, -0.2) is 27.1 Å². The van der Waals surface area contributed by atoms with Crippen molar-refractivity contribution < 1.29 is 23.6 Å². The van der Waals surface area contributed by atoms with Gasteiger partial charge in [0.05, 0.1) is 22.1 Å². The van der Waals surface area contributed by atoms with E-state index in [0.29, 0.717) is 12.1 Å². The molecule has 1 aromatic carbocycles. The van der Waals surface area contributed by atoms with Gasteiger partial charge >= 0.3 is 0 Å². The summed E-state index contributed by atoms with van der Waals surface area (Å²) in [6.45, 7) is 5.87. The monoisotopic (exact) mass is 302 g/mol. The molecule has 6 nitrogen and oxygen atoms in total. The van der Waals surface area contributed by atoms with Crippen molar-refractivity contribution in [1.82, 2.24) is 5.32 Å². The number of hydrogen-bond donors (Lipinski definition) is 2. The Balaban J connectivity index is 3.25. The van der Waals surface area contributed by atoms with Crippen LogP contribution >= 0.6 is 0 Å². The third-order valence-electron chi connectivity index (χ3n) is 3.44. The number of halogens is 2. The molecule has 0 aliphatic carbocycles. The third-order valence-corrected chi connectivity index (χ3v) is 3.44. The Morgan fingerprint density at radius 3 is 2.14 bits per heavy atom. The van der Waals surface area contributed by atoms with Crippen molar-refractivity contribution in [1.29, 1.82) is 0 Å². The van der Waals surface area contributed by atoms with Gasteiger partial charge in [0.2, 0.25) is 0 Å². The summed E-state index contributed by atoms with van der Waals surface area (Å²) in [5.74, 6) is -3.76. The van der Waals surface area contributed by atoms with Crippen LogP contribution in [0.5, 0.6) is 0 Å². The Bertz CT molecular complexity index is 595. The highest BCUT2D eigenvalue weighted by molar-refractivity contribution is 5.98. The van der Waals surface area contributed by atoms with E-state index in [1.54, 1.807) is 0 Å². The molecule has 0 spiro atoms. The first-order chi connectivity index (χ1) is 9.36. The lowest BCUT2D eigenvalue weighted by Gasteiger charge is -2.37. The molecule has 0 aliphatic rings. The summed E-state index contributed by atoms with van der Waals surface area (Å²) < 4.78 is 26.3. The second-order valence-corrected chi connectivity index (χ2v) is 5.68. The number of carbonyl (C=O) groups excluding carboxylic acids is 1. The molecular formula is C13H16F2N2O4. The molecule has 0 saturated carbocycles. The molecule has 116 valence electrons. The van der Waals surface area contributed by atoms with E-state index in [4.69, 9.17) is 0 Å². The van der Waals surface area contributed by atoms with Crippen molar-refractivity contribution in [2.45, 2.75) is 38.8 Å². The molecule has 0 aliphatic heterocycles. The predicted octanol–water partition coefficient (Wildman–Crippen LogP) is 2.15. The van der Waals surface area contributed by atoms with Crippen LogP contribution in [0.4, 0.5) is 14.5 Å². The molecule has 0 heterocycles. The number of nitro benzene ring substituents is 1. The normalized spacial score (nSPS) is 12.1. The number of benzene rings is 1. The molecule has 0 radical (unpaired) electrons. The second-order valence-electron chi connectivity index (χ2n) is 5.68. The number of rotatable bonds is 4. The Morgan fingerprint density at radius 2 is 1.71 bits per heavy atom. The minimum atomic E-state index is -1.42. The van der Waals surface area contributed by atoms with E-state index in [0.717, 1.165) is 0 Å². The number of nitro groups is 1. The Kier molecular flexibility index (Phi) is 4.33. The van der Waals surface area contributed by atoms with Crippen LogP contribution in [-0.2, 0) is 0 Å². The maximum atomic E-state index is 13.2. The van der Waals surface area contributed by atoms with Gasteiger partial charge in [0.25, 0.3) is 11.6 Å². The summed E-state index contributed by atoms with van der Waals surface area (Å²) in [6.07, 6.45) is 0. The van der Waals surface area contributed by atoms with Gasteiger partial charge < -0.3 is 10.4 Å². The van der Waals surface area contributed by atoms with Crippen molar-refractivity contribution in [2.75, 3.05) is 0 Å². The van der Waals surface area contributed by atoms with Crippen molar-refractivity contribution in [3.05, 3.63) is 39.4 Å². The zero-order chi connectivity index (χ0) is 16.6. The highest BCUT2D eigenvalue weighted by Crippen LogP contribution is 2.25. The molecule has 0 fully saturated rings. The number of nitrogens with one attached hydrogen (secondary N) is 1. The van der Waals surface area contributed by atoms with Crippen molar-refractivity contribution >= 4 is 11.6 Å². The zero-order valence-electron chi connectivity index (χ0n) is 12.0. The fourth-order valence-corrected chi connectivity index (χ4v) is 1.37.